The Kier molecular flexibility index (Phi) is 7.96. The number of ether oxygens (including phenoxy) is 2. The molecule has 32 heavy (non-hydrogen) atoms. The molecule has 0 unspecified atom stereocenters. The van der Waals surface area contributed by atoms with Crippen molar-refractivity contribution in [2.24, 2.45) is 11.7 Å². The molecule has 1 aromatic heterocycles. The maximum Gasteiger partial charge on any atom is 0.410 e. The van der Waals surface area contributed by atoms with Gasteiger partial charge >= 0.3 is 6.09 Å². The van der Waals surface area contributed by atoms with Crippen molar-refractivity contribution in [3.05, 3.63) is 12.4 Å². The molecule has 1 aromatic rings. The molecular weight excluding hydrogens is 428 g/mol. The van der Waals surface area contributed by atoms with Gasteiger partial charge in [-0.15, -0.1) is 0 Å². The summed E-state index contributed by atoms with van der Waals surface area (Å²) in [7, 11) is 0. The second-order valence-corrected chi connectivity index (χ2v) is 10.3. The van der Waals surface area contributed by atoms with Crippen molar-refractivity contribution in [3.63, 3.8) is 0 Å². The number of piperidine rings is 1. The summed E-state index contributed by atoms with van der Waals surface area (Å²) in [5, 5.41) is 0. The van der Waals surface area contributed by atoms with Gasteiger partial charge in [0, 0.05) is 45.0 Å². The van der Waals surface area contributed by atoms with Gasteiger partial charge in [0.2, 0.25) is 5.88 Å². The van der Waals surface area contributed by atoms with E-state index < -0.39 is 0 Å². The van der Waals surface area contributed by atoms with Crippen LogP contribution in [0.1, 0.15) is 39.0 Å². The van der Waals surface area contributed by atoms with Gasteiger partial charge in [-0.1, -0.05) is 11.9 Å². The van der Waals surface area contributed by atoms with E-state index in [0.29, 0.717) is 18.4 Å². The number of likely N-dealkylation sites (tertiary alicyclic amines) is 1. The van der Waals surface area contributed by atoms with Crippen LogP contribution in [0.5, 0.6) is 5.88 Å². The summed E-state index contributed by atoms with van der Waals surface area (Å²) in [5.74, 6) is 2.97. The number of anilines is 1. The third kappa shape index (κ3) is 6.62. The van der Waals surface area contributed by atoms with Crippen LogP contribution in [0.25, 0.3) is 0 Å². The summed E-state index contributed by atoms with van der Waals surface area (Å²) in [6, 6.07) is 0. The van der Waals surface area contributed by atoms with Crippen LogP contribution in [0.2, 0.25) is 0 Å². The number of amides is 1. The van der Waals surface area contributed by atoms with E-state index in [9.17, 15) is 4.79 Å². The van der Waals surface area contributed by atoms with Crippen molar-refractivity contribution in [3.8, 4) is 5.88 Å². The van der Waals surface area contributed by atoms with Crippen LogP contribution in [0.4, 0.5) is 10.6 Å². The lowest BCUT2D eigenvalue weighted by atomic mass is 9.98. The number of nitrogens with two attached hydrogens (primary N) is 1. The monoisotopic (exact) mass is 464 g/mol. The summed E-state index contributed by atoms with van der Waals surface area (Å²) in [4.78, 5) is 25.4. The van der Waals surface area contributed by atoms with Crippen molar-refractivity contribution < 1.29 is 14.3 Å². The van der Waals surface area contributed by atoms with E-state index in [1.807, 2.05) is 30.0 Å². The Balaban J connectivity index is 1.14. The van der Waals surface area contributed by atoms with Gasteiger partial charge in [-0.25, -0.2) is 19.1 Å². The molecule has 178 valence electrons. The highest BCUT2D eigenvalue weighted by molar-refractivity contribution is 7.97. The second-order valence-electron chi connectivity index (χ2n) is 9.16. The number of aromatic nitrogens is 2. The minimum atomic E-state index is -0.209. The maximum atomic E-state index is 12.2. The van der Waals surface area contributed by atoms with Crippen molar-refractivity contribution in [2.45, 2.75) is 44.6 Å². The molecule has 1 aliphatic carbocycles. The molecule has 0 spiro atoms. The zero-order valence-electron chi connectivity index (χ0n) is 19.1. The average molecular weight is 465 g/mol. The highest BCUT2D eigenvalue weighted by Gasteiger charge is 2.43. The Morgan fingerprint density at radius 3 is 2.53 bits per heavy atom. The van der Waals surface area contributed by atoms with Crippen LogP contribution in [0.3, 0.4) is 0 Å². The molecule has 3 aliphatic rings. The molecule has 10 heteroatoms. The standard InChI is InChI=1S/C22H36N6O3S/c1-22(5-6-22)31-21(29)27-8-3-18(4-9-27)17-30-20-16-24-19(15-25-20)26-10-12-28(13-11-26)32-14-2-7-23/h15-16,18H,2-14,17,23H2,1H3. The summed E-state index contributed by atoms with van der Waals surface area (Å²) >= 11 is 1.89. The predicted molar refractivity (Wildman–Crippen MR) is 126 cm³/mol. The van der Waals surface area contributed by atoms with Crippen molar-refractivity contribution in [1.29, 1.82) is 0 Å². The molecule has 1 saturated carbocycles. The molecule has 3 heterocycles. The van der Waals surface area contributed by atoms with Gasteiger partial charge in [0.1, 0.15) is 11.4 Å². The molecule has 2 aliphatic heterocycles. The Hall–Kier alpha value is -1.78. The van der Waals surface area contributed by atoms with E-state index in [1.165, 1.54) is 0 Å². The summed E-state index contributed by atoms with van der Waals surface area (Å²) in [6.45, 7) is 8.74. The van der Waals surface area contributed by atoms with Crippen molar-refractivity contribution >= 4 is 23.9 Å². The zero-order chi connectivity index (χ0) is 22.4. The van der Waals surface area contributed by atoms with Crippen LogP contribution >= 0.6 is 11.9 Å². The topological polar surface area (TPSA) is 97.0 Å². The molecule has 0 radical (unpaired) electrons. The number of nitrogens with zero attached hydrogens (tertiary/aromatic N) is 5. The predicted octanol–water partition coefficient (Wildman–Crippen LogP) is 2.38. The minimum Gasteiger partial charge on any atom is -0.476 e. The molecule has 4 rings (SSSR count). The van der Waals surface area contributed by atoms with Crippen LogP contribution in [0.15, 0.2) is 12.4 Å². The fraction of sp³-hybridized carbons (Fsp3) is 0.773. The molecule has 2 N–H and O–H groups in total. The zero-order valence-corrected chi connectivity index (χ0v) is 19.9. The first-order valence-corrected chi connectivity index (χ1v) is 12.7. The number of hydrogen-bond acceptors (Lipinski definition) is 9. The van der Waals surface area contributed by atoms with Crippen LogP contribution in [0, 0.1) is 5.92 Å². The summed E-state index contributed by atoms with van der Waals surface area (Å²) in [5.41, 5.74) is 5.36. The van der Waals surface area contributed by atoms with Gasteiger partial charge in [0.15, 0.2) is 0 Å². The van der Waals surface area contributed by atoms with E-state index >= 15 is 0 Å². The smallest absolute Gasteiger partial charge is 0.410 e. The first-order chi connectivity index (χ1) is 15.5. The first-order valence-electron chi connectivity index (χ1n) is 11.8. The molecule has 0 aromatic carbocycles. The second kappa shape index (κ2) is 10.9. The molecule has 2 saturated heterocycles. The molecule has 1 amide bonds. The number of hydrogen-bond donors (Lipinski definition) is 1. The Bertz CT molecular complexity index is 732. The lowest BCUT2D eigenvalue weighted by molar-refractivity contribution is 0.0454. The molecule has 9 nitrogen and oxygen atoms in total. The van der Waals surface area contributed by atoms with Gasteiger partial charge in [-0.2, -0.15) is 0 Å². The highest BCUT2D eigenvalue weighted by Crippen LogP contribution is 2.39. The van der Waals surface area contributed by atoms with E-state index in [-0.39, 0.29) is 11.7 Å². The Labute approximate surface area is 195 Å². The van der Waals surface area contributed by atoms with Gasteiger partial charge in [0.25, 0.3) is 0 Å². The Morgan fingerprint density at radius 1 is 1.16 bits per heavy atom. The van der Waals surface area contributed by atoms with Gasteiger partial charge in [0.05, 0.1) is 19.0 Å². The maximum absolute atomic E-state index is 12.2. The van der Waals surface area contributed by atoms with Crippen LogP contribution in [-0.4, -0.2) is 89.0 Å². The molecule has 0 bridgehead atoms. The normalized spacial score (nSPS) is 21.4. The number of carbonyl (C=O) groups excluding carboxylic acids is 1. The summed E-state index contributed by atoms with van der Waals surface area (Å²) in [6.07, 6.45) is 8.23. The fourth-order valence-electron chi connectivity index (χ4n) is 3.91. The van der Waals surface area contributed by atoms with E-state index in [1.54, 1.807) is 6.20 Å². The third-order valence-electron chi connectivity index (χ3n) is 6.43. The fourth-order valence-corrected chi connectivity index (χ4v) is 4.88. The SMILES string of the molecule is CC1(OC(=O)N2CCC(COc3cnc(N4CCN(SCCCN)CC4)cn3)CC2)CC1. The lowest BCUT2D eigenvalue weighted by Gasteiger charge is -2.34. The van der Waals surface area contributed by atoms with E-state index in [0.717, 1.165) is 89.5 Å². The Morgan fingerprint density at radius 2 is 1.91 bits per heavy atom. The van der Waals surface area contributed by atoms with Gasteiger partial charge < -0.3 is 25.0 Å². The van der Waals surface area contributed by atoms with E-state index in [4.69, 9.17) is 15.2 Å². The van der Waals surface area contributed by atoms with Gasteiger partial charge in [-0.3, -0.25) is 0 Å². The quantitative estimate of drug-likeness (QED) is 0.436. The first kappa shape index (κ1) is 23.4. The average Bonchev–Trinajstić information content (AvgIpc) is 3.55. The molecule has 0 atom stereocenters. The number of piperazine rings is 1. The van der Waals surface area contributed by atoms with Crippen molar-refractivity contribution in [2.75, 3.05) is 63.1 Å². The molecular formula is C22H36N6O3S. The largest absolute Gasteiger partial charge is 0.476 e. The lowest BCUT2D eigenvalue weighted by Crippen LogP contribution is -2.44. The minimum absolute atomic E-state index is 0.166. The third-order valence-corrected chi connectivity index (χ3v) is 7.63. The van der Waals surface area contributed by atoms with Crippen LogP contribution < -0.4 is 15.4 Å². The number of carbonyl (C=O) groups is 1. The highest BCUT2D eigenvalue weighted by atomic mass is 32.2. The molecule has 3 fully saturated rings. The van der Waals surface area contributed by atoms with Gasteiger partial charge in [-0.05, 0) is 51.5 Å². The number of rotatable bonds is 9. The van der Waals surface area contributed by atoms with Crippen molar-refractivity contribution in [1.82, 2.24) is 19.2 Å². The summed E-state index contributed by atoms with van der Waals surface area (Å²) < 4.78 is 13.9. The van der Waals surface area contributed by atoms with E-state index in [2.05, 4.69) is 19.2 Å². The van der Waals surface area contributed by atoms with Crippen LogP contribution in [-0.2, 0) is 4.74 Å².